The van der Waals surface area contributed by atoms with E-state index in [-0.39, 0.29) is 0 Å². The van der Waals surface area contributed by atoms with Gasteiger partial charge in [-0.3, -0.25) is 4.79 Å². The third-order valence-corrected chi connectivity index (χ3v) is 5.48. The molecule has 2 fully saturated rings. The first-order chi connectivity index (χ1) is 12.2. The van der Waals surface area contributed by atoms with E-state index in [4.69, 9.17) is 0 Å². The van der Waals surface area contributed by atoms with Gasteiger partial charge in [-0.05, 0) is 61.4 Å². The number of tetrazole rings is 1. The highest BCUT2D eigenvalue weighted by molar-refractivity contribution is 5.74. The number of benzene rings is 1. The molecule has 4 atom stereocenters. The third-order valence-electron chi connectivity index (χ3n) is 5.48. The molecule has 25 heavy (non-hydrogen) atoms. The Kier molecular flexibility index (Phi) is 4.35. The lowest BCUT2D eigenvalue weighted by atomic mass is 9.72. The molecule has 0 bridgehead atoms. The number of fused-ring (bicyclic) bond motifs is 1. The lowest BCUT2D eigenvalue weighted by Gasteiger charge is -2.42. The molecule has 8 nitrogen and oxygen atoms in total. The van der Waals surface area contributed by atoms with Crippen molar-refractivity contribution in [3.8, 4) is 11.4 Å². The smallest absolute Gasteiger partial charge is 0.320 e. The van der Waals surface area contributed by atoms with Gasteiger partial charge in [0.15, 0.2) is 0 Å². The van der Waals surface area contributed by atoms with E-state index in [1.165, 1.54) is 0 Å². The zero-order chi connectivity index (χ0) is 17.2. The number of para-hydroxylation sites is 1. The number of hydrogen-bond donors (Lipinski definition) is 4. The molecule has 0 radical (unpaired) electrons. The molecule has 4 unspecified atom stereocenters. The minimum Gasteiger partial charge on any atom is -0.480 e. The minimum absolute atomic E-state index is 0.335. The Morgan fingerprint density at radius 1 is 1.20 bits per heavy atom. The van der Waals surface area contributed by atoms with Gasteiger partial charge in [-0.1, -0.05) is 12.1 Å². The van der Waals surface area contributed by atoms with Crippen LogP contribution in [0.4, 0.5) is 5.69 Å². The SMILES string of the molecule is O=C(O)C1CC2CC(Nc3ccccc3-c3nn[nH]n3)CCC2CN1. The molecule has 2 aliphatic rings. The van der Waals surface area contributed by atoms with Crippen LogP contribution in [-0.2, 0) is 4.79 Å². The van der Waals surface area contributed by atoms with Gasteiger partial charge in [-0.25, -0.2) is 0 Å². The van der Waals surface area contributed by atoms with E-state index in [0.29, 0.717) is 30.1 Å². The minimum atomic E-state index is -0.740. The van der Waals surface area contributed by atoms with Crippen molar-refractivity contribution < 1.29 is 9.90 Å². The van der Waals surface area contributed by atoms with Crippen molar-refractivity contribution in [2.24, 2.45) is 11.8 Å². The predicted molar refractivity (Wildman–Crippen MR) is 91.9 cm³/mol. The van der Waals surface area contributed by atoms with E-state index in [1.807, 2.05) is 24.3 Å². The first-order valence-electron chi connectivity index (χ1n) is 8.76. The van der Waals surface area contributed by atoms with Gasteiger partial charge in [0.1, 0.15) is 6.04 Å². The monoisotopic (exact) mass is 342 g/mol. The molecule has 1 aliphatic heterocycles. The molecule has 1 saturated carbocycles. The third kappa shape index (κ3) is 3.34. The second kappa shape index (κ2) is 6.79. The Balaban J connectivity index is 1.47. The van der Waals surface area contributed by atoms with Gasteiger partial charge in [-0.2, -0.15) is 5.21 Å². The lowest BCUT2D eigenvalue weighted by Crippen LogP contribution is -2.50. The Bertz CT molecular complexity index is 734. The molecule has 4 N–H and O–H groups in total. The lowest BCUT2D eigenvalue weighted by molar-refractivity contribution is -0.141. The van der Waals surface area contributed by atoms with E-state index in [9.17, 15) is 9.90 Å². The fourth-order valence-electron chi connectivity index (χ4n) is 4.18. The maximum Gasteiger partial charge on any atom is 0.320 e. The summed E-state index contributed by atoms with van der Waals surface area (Å²) in [5.74, 6) is 0.868. The van der Waals surface area contributed by atoms with Gasteiger partial charge in [0.05, 0.1) is 0 Å². The average molecular weight is 342 g/mol. The van der Waals surface area contributed by atoms with Crippen molar-refractivity contribution in [1.29, 1.82) is 0 Å². The second-order valence-corrected chi connectivity index (χ2v) is 6.99. The van der Waals surface area contributed by atoms with Gasteiger partial charge in [-0.15, -0.1) is 10.2 Å². The van der Waals surface area contributed by atoms with Crippen LogP contribution in [0.25, 0.3) is 11.4 Å². The van der Waals surface area contributed by atoms with Crippen LogP contribution in [0.5, 0.6) is 0 Å². The van der Waals surface area contributed by atoms with E-state index < -0.39 is 12.0 Å². The molecule has 1 aromatic heterocycles. The number of anilines is 1. The van der Waals surface area contributed by atoms with E-state index in [0.717, 1.165) is 37.1 Å². The van der Waals surface area contributed by atoms with Crippen molar-refractivity contribution >= 4 is 11.7 Å². The number of carboxylic acids is 1. The number of rotatable bonds is 4. The Labute approximate surface area is 145 Å². The normalized spacial score (nSPS) is 29.0. The summed E-state index contributed by atoms with van der Waals surface area (Å²) in [6.07, 6.45) is 3.91. The highest BCUT2D eigenvalue weighted by Crippen LogP contribution is 2.37. The van der Waals surface area contributed by atoms with Crippen LogP contribution >= 0.6 is 0 Å². The maximum atomic E-state index is 11.3. The zero-order valence-electron chi connectivity index (χ0n) is 13.9. The molecule has 4 rings (SSSR count). The summed E-state index contributed by atoms with van der Waals surface area (Å²) in [4.78, 5) is 11.3. The van der Waals surface area contributed by atoms with Gasteiger partial charge in [0.2, 0.25) is 5.82 Å². The number of aromatic nitrogens is 4. The van der Waals surface area contributed by atoms with Crippen LogP contribution in [0.3, 0.4) is 0 Å². The summed E-state index contributed by atoms with van der Waals surface area (Å²) >= 11 is 0. The van der Waals surface area contributed by atoms with Gasteiger partial charge in [0, 0.05) is 17.3 Å². The summed E-state index contributed by atoms with van der Waals surface area (Å²) in [7, 11) is 0. The molecular formula is C17H22N6O2. The Hall–Kier alpha value is -2.48. The van der Waals surface area contributed by atoms with Crippen LogP contribution in [0, 0.1) is 11.8 Å². The molecular weight excluding hydrogens is 320 g/mol. The van der Waals surface area contributed by atoms with Crippen molar-refractivity contribution in [1.82, 2.24) is 25.9 Å². The van der Waals surface area contributed by atoms with Crippen molar-refractivity contribution in [2.45, 2.75) is 37.8 Å². The first-order valence-corrected chi connectivity index (χ1v) is 8.76. The summed E-state index contributed by atoms with van der Waals surface area (Å²) in [5.41, 5.74) is 1.92. The number of aromatic amines is 1. The molecule has 0 amide bonds. The van der Waals surface area contributed by atoms with E-state index in [1.54, 1.807) is 0 Å². The number of hydrogen-bond acceptors (Lipinski definition) is 6. The molecule has 1 aromatic carbocycles. The largest absolute Gasteiger partial charge is 0.480 e. The molecule has 0 spiro atoms. The Morgan fingerprint density at radius 2 is 2.08 bits per heavy atom. The Morgan fingerprint density at radius 3 is 2.88 bits per heavy atom. The first kappa shape index (κ1) is 16.0. The highest BCUT2D eigenvalue weighted by atomic mass is 16.4. The van der Waals surface area contributed by atoms with Gasteiger partial charge in [0.25, 0.3) is 0 Å². The van der Waals surface area contributed by atoms with Crippen LogP contribution in [0.1, 0.15) is 25.7 Å². The molecule has 1 saturated heterocycles. The molecule has 1 aliphatic carbocycles. The van der Waals surface area contributed by atoms with Crippen LogP contribution in [0.2, 0.25) is 0 Å². The second-order valence-electron chi connectivity index (χ2n) is 6.99. The van der Waals surface area contributed by atoms with E-state index >= 15 is 0 Å². The number of aliphatic carboxylic acids is 1. The summed E-state index contributed by atoms with van der Waals surface area (Å²) < 4.78 is 0. The van der Waals surface area contributed by atoms with E-state index in [2.05, 4.69) is 31.3 Å². The quantitative estimate of drug-likeness (QED) is 0.665. The number of piperidine rings is 1. The number of carboxylic acid groups (broad SMARTS) is 1. The van der Waals surface area contributed by atoms with Crippen LogP contribution in [-0.4, -0.2) is 50.3 Å². The summed E-state index contributed by atoms with van der Waals surface area (Å²) in [6, 6.07) is 7.87. The number of nitrogens with zero attached hydrogens (tertiary/aromatic N) is 3. The van der Waals surface area contributed by atoms with Gasteiger partial charge >= 0.3 is 5.97 Å². The summed E-state index contributed by atoms with van der Waals surface area (Å²) in [5, 5.41) is 30.3. The molecule has 2 aromatic rings. The highest BCUT2D eigenvalue weighted by Gasteiger charge is 2.37. The number of nitrogens with one attached hydrogen (secondary N) is 3. The van der Waals surface area contributed by atoms with Crippen molar-refractivity contribution in [2.75, 3.05) is 11.9 Å². The fourth-order valence-corrected chi connectivity index (χ4v) is 4.18. The maximum absolute atomic E-state index is 11.3. The predicted octanol–water partition coefficient (Wildman–Crippen LogP) is 1.51. The zero-order valence-corrected chi connectivity index (χ0v) is 13.9. The van der Waals surface area contributed by atoms with Crippen LogP contribution in [0.15, 0.2) is 24.3 Å². The summed E-state index contributed by atoms with van der Waals surface area (Å²) in [6.45, 7) is 0.813. The molecule has 8 heteroatoms. The van der Waals surface area contributed by atoms with Crippen molar-refractivity contribution in [3.05, 3.63) is 24.3 Å². The number of carbonyl (C=O) groups is 1. The number of H-pyrrole nitrogens is 1. The fraction of sp³-hybridized carbons (Fsp3) is 0.529. The standard InChI is InChI=1S/C17H22N6O2/c24-17(25)15-8-11-7-12(6-5-10(11)9-18-15)19-14-4-2-1-3-13(14)16-20-22-23-21-16/h1-4,10-12,15,18-19H,5-9H2,(H,24,25)(H,20,21,22,23). The molecule has 2 heterocycles. The van der Waals surface area contributed by atoms with Crippen LogP contribution < -0.4 is 10.6 Å². The molecule has 132 valence electrons. The topological polar surface area (TPSA) is 116 Å². The van der Waals surface area contributed by atoms with Crippen molar-refractivity contribution in [3.63, 3.8) is 0 Å². The van der Waals surface area contributed by atoms with Gasteiger partial charge < -0.3 is 15.7 Å². The average Bonchev–Trinajstić information content (AvgIpc) is 3.16.